The number of hydrogen-bond donors (Lipinski definition) is 2. The number of nitrogens with zero attached hydrogens (tertiary/aromatic N) is 1. The number of aromatic nitrogens is 2. The fourth-order valence-corrected chi connectivity index (χ4v) is 1.59. The third-order valence-electron chi connectivity index (χ3n) is 2.95. The summed E-state index contributed by atoms with van der Waals surface area (Å²) in [6, 6.07) is 3.70. The number of H-pyrrole nitrogens is 1. The van der Waals surface area contributed by atoms with Crippen LogP contribution in [0, 0.1) is 5.92 Å². The Morgan fingerprint density at radius 3 is 3.00 bits per heavy atom. The summed E-state index contributed by atoms with van der Waals surface area (Å²) in [6.07, 6.45) is 4.44. The van der Waals surface area contributed by atoms with Crippen molar-refractivity contribution in [3.05, 3.63) is 30.4 Å². The highest BCUT2D eigenvalue weighted by molar-refractivity contribution is 5.50. The number of nitrogens with one attached hydrogen (secondary N) is 1. The standard InChI is InChI=1S/C12H17N3O/c1-3-8(2)11(13)12-14-7-9(15-12)10-5-4-6-16-10/h4-8,11H,3,13H2,1-2H3,(H,14,15). The van der Waals surface area contributed by atoms with E-state index in [0.29, 0.717) is 5.92 Å². The second kappa shape index (κ2) is 4.53. The summed E-state index contributed by atoms with van der Waals surface area (Å²) in [5.74, 6) is 2.02. The van der Waals surface area contributed by atoms with Gasteiger partial charge < -0.3 is 15.1 Å². The van der Waals surface area contributed by atoms with Crippen LogP contribution in [0.3, 0.4) is 0 Å². The Kier molecular flexibility index (Phi) is 3.10. The van der Waals surface area contributed by atoms with Crippen LogP contribution in [0.15, 0.2) is 29.0 Å². The van der Waals surface area contributed by atoms with Crippen LogP contribution in [0.2, 0.25) is 0 Å². The van der Waals surface area contributed by atoms with E-state index < -0.39 is 0 Å². The molecule has 0 amide bonds. The van der Waals surface area contributed by atoms with Gasteiger partial charge in [-0.15, -0.1) is 0 Å². The predicted molar refractivity (Wildman–Crippen MR) is 62.7 cm³/mol. The molecule has 0 radical (unpaired) electrons. The Balaban J connectivity index is 2.20. The van der Waals surface area contributed by atoms with E-state index >= 15 is 0 Å². The maximum Gasteiger partial charge on any atom is 0.151 e. The van der Waals surface area contributed by atoms with Gasteiger partial charge in [0.25, 0.3) is 0 Å². The first kappa shape index (κ1) is 11.0. The highest BCUT2D eigenvalue weighted by Crippen LogP contribution is 2.23. The molecule has 16 heavy (non-hydrogen) atoms. The van der Waals surface area contributed by atoms with E-state index in [1.165, 1.54) is 0 Å². The van der Waals surface area contributed by atoms with Crippen molar-refractivity contribution in [1.82, 2.24) is 9.97 Å². The third kappa shape index (κ3) is 2.02. The van der Waals surface area contributed by atoms with E-state index in [-0.39, 0.29) is 6.04 Å². The molecule has 0 spiro atoms. The van der Waals surface area contributed by atoms with Crippen LogP contribution < -0.4 is 5.73 Å². The van der Waals surface area contributed by atoms with Crippen molar-refractivity contribution in [2.75, 3.05) is 0 Å². The summed E-state index contributed by atoms with van der Waals surface area (Å²) in [6.45, 7) is 4.25. The Morgan fingerprint density at radius 1 is 1.56 bits per heavy atom. The second-order valence-corrected chi connectivity index (χ2v) is 4.07. The molecule has 0 aliphatic rings. The summed E-state index contributed by atoms with van der Waals surface area (Å²) in [7, 11) is 0. The number of nitrogens with two attached hydrogens (primary N) is 1. The highest BCUT2D eigenvalue weighted by Gasteiger charge is 2.17. The maximum absolute atomic E-state index is 6.09. The van der Waals surface area contributed by atoms with Crippen molar-refractivity contribution < 1.29 is 4.42 Å². The van der Waals surface area contributed by atoms with Crippen LogP contribution in [0.25, 0.3) is 11.5 Å². The molecule has 4 heteroatoms. The van der Waals surface area contributed by atoms with Crippen molar-refractivity contribution >= 4 is 0 Å². The summed E-state index contributed by atoms with van der Waals surface area (Å²) < 4.78 is 5.29. The van der Waals surface area contributed by atoms with Gasteiger partial charge in [0.05, 0.1) is 18.5 Å². The Labute approximate surface area is 94.9 Å². The molecule has 2 aromatic rings. The monoisotopic (exact) mass is 219 g/mol. The Hall–Kier alpha value is -1.55. The summed E-state index contributed by atoms with van der Waals surface area (Å²) in [5, 5.41) is 0. The van der Waals surface area contributed by atoms with Gasteiger partial charge in [-0.3, -0.25) is 0 Å². The molecule has 2 unspecified atom stereocenters. The average Bonchev–Trinajstić information content (AvgIpc) is 2.96. The van der Waals surface area contributed by atoms with Crippen LogP contribution >= 0.6 is 0 Å². The van der Waals surface area contributed by atoms with E-state index in [1.54, 1.807) is 12.5 Å². The SMILES string of the molecule is CCC(C)C(N)c1ncc(-c2ccco2)[nH]1. The zero-order valence-corrected chi connectivity index (χ0v) is 9.60. The summed E-state index contributed by atoms with van der Waals surface area (Å²) in [4.78, 5) is 7.50. The average molecular weight is 219 g/mol. The van der Waals surface area contributed by atoms with E-state index in [0.717, 1.165) is 23.7 Å². The molecule has 3 N–H and O–H groups in total. The molecular formula is C12H17N3O. The molecule has 2 atom stereocenters. The largest absolute Gasteiger partial charge is 0.463 e. The van der Waals surface area contributed by atoms with E-state index in [2.05, 4.69) is 23.8 Å². The van der Waals surface area contributed by atoms with Crippen LogP contribution in [0.5, 0.6) is 0 Å². The van der Waals surface area contributed by atoms with Gasteiger partial charge in [0.2, 0.25) is 0 Å². The third-order valence-corrected chi connectivity index (χ3v) is 2.95. The smallest absolute Gasteiger partial charge is 0.151 e. The zero-order valence-electron chi connectivity index (χ0n) is 9.60. The maximum atomic E-state index is 6.09. The van der Waals surface area contributed by atoms with Crippen molar-refractivity contribution in [2.45, 2.75) is 26.3 Å². The van der Waals surface area contributed by atoms with E-state index in [9.17, 15) is 0 Å². The number of furan rings is 1. The fourth-order valence-electron chi connectivity index (χ4n) is 1.59. The summed E-state index contributed by atoms with van der Waals surface area (Å²) >= 11 is 0. The molecule has 0 fully saturated rings. The van der Waals surface area contributed by atoms with Gasteiger partial charge >= 0.3 is 0 Å². The second-order valence-electron chi connectivity index (χ2n) is 4.07. The predicted octanol–water partition coefficient (Wildman–Crippen LogP) is 2.72. The normalized spacial score (nSPS) is 14.9. The van der Waals surface area contributed by atoms with Gasteiger partial charge in [-0.05, 0) is 18.1 Å². The Morgan fingerprint density at radius 2 is 2.38 bits per heavy atom. The first-order valence-corrected chi connectivity index (χ1v) is 5.56. The number of rotatable bonds is 4. The van der Waals surface area contributed by atoms with Gasteiger partial charge in [-0.25, -0.2) is 4.98 Å². The molecule has 4 nitrogen and oxygen atoms in total. The van der Waals surface area contributed by atoms with Crippen LogP contribution in [-0.2, 0) is 0 Å². The Bertz CT molecular complexity index is 433. The first-order valence-electron chi connectivity index (χ1n) is 5.56. The lowest BCUT2D eigenvalue weighted by atomic mass is 10.00. The minimum atomic E-state index is -0.0475. The molecule has 0 aromatic carbocycles. The molecule has 2 aromatic heterocycles. The molecule has 0 saturated carbocycles. The van der Waals surface area contributed by atoms with E-state index in [4.69, 9.17) is 10.2 Å². The fraction of sp³-hybridized carbons (Fsp3) is 0.417. The molecular weight excluding hydrogens is 202 g/mol. The van der Waals surface area contributed by atoms with Crippen molar-refractivity contribution in [1.29, 1.82) is 0 Å². The van der Waals surface area contributed by atoms with Crippen molar-refractivity contribution in [2.24, 2.45) is 11.7 Å². The first-order chi connectivity index (χ1) is 7.72. The molecule has 0 saturated heterocycles. The van der Waals surface area contributed by atoms with Gasteiger partial charge in [0.1, 0.15) is 11.5 Å². The van der Waals surface area contributed by atoms with E-state index in [1.807, 2.05) is 12.1 Å². The van der Waals surface area contributed by atoms with Gasteiger partial charge in [0, 0.05) is 0 Å². The zero-order chi connectivity index (χ0) is 11.5. The van der Waals surface area contributed by atoms with Gasteiger partial charge in [-0.1, -0.05) is 20.3 Å². The molecule has 2 rings (SSSR count). The topological polar surface area (TPSA) is 67.8 Å². The minimum absolute atomic E-state index is 0.0475. The molecule has 0 bridgehead atoms. The van der Waals surface area contributed by atoms with Crippen molar-refractivity contribution in [3.63, 3.8) is 0 Å². The minimum Gasteiger partial charge on any atom is -0.463 e. The molecule has 0 aliphatic heterocycles. The van der Waals surface area contributed by atoms with Crippen LogP contribution in [-0.4, -0.2) is 9.97 Å². The lowest BCUT2D eigenvalue weighted by Crippen LogP contribution is -2.19. The molecule has 86 valence electrons. The van der Waals surface area contributed by atoms with Gasteiger partial charge in [-0.2, -0.15) is 0 Å². The quantitative estimate of drug-likeness (QED) is 0.830. The lowest BCUT2D eigenvalue weighted by molar-refractivity contribution is 0.441. The van der Waals surface area contributed by atoms with Crippen LogP contribution in [0.4, 0.5) is 0 Å². The molecule has 0 aliphatic carbocycles. The summed E-state index contributed by atoms with van der Waals surface area (Å²) in [5.41, 5.74) is 6.97. The van der Waals surface area contributed by atoms with Crippen molar-refractivity contribution in [3.8, 4) is 11.5 Å². The molecule has 2 heterocycles. The number of imidazole rings is 1. The lowest BCUT2D eigenvalue weighted by Gasteiger charge is -2.15. The number of hydrogen-bond acceptors (Lipinski definition) is 3. The number of aromatic amines is 1. The highest BCUT2D eigenvalue weighted by atomic mass is 16.3. The van der Waals surface area contributed by atoms with Crippen LogP contribution in [0.1, 0.15) is 32.1 Å². The van der Waals surface area contributed by atoms with Gasteiger partial charge in [0.15, 0.2) is 5.76 Å².